The van der Waals surface area contributed by atoms with Crippen molar-refractivity contribution in [3.05, 3.63) is 152 Å². The fourth-order valence-corrected chi connectivity index (χ4v) is 9.75. The minimum atomic E-state index is 0.611. The van der Waals surface area contributed by atoms with Gasteiger partial charge in [-0.1, -0.05) is 109 Å². The Hall–Kier alpha value is -6.21. The highest BCUT2D eigenvalue weighted by atomic mass is 32.1. The maximum atomic E-state index is 6.51. The van der Waals surface area contributed by atoms with Gasteiger partial charge in [0, 0.05) is 67.8 Å². The third-order valence-electron chi connectivity index (χ3n) is 9.76. The third kappa shape index (κ3) is 4.47. The molecule has 11 aromatic rings. The van der Waals surface area contributed by atoms with Crippen molar-refractivity contribution in [2.45, 2.75) is 0 Å². The van der Waals surface area contributed by atoms with Crippen LogP contribution in [0.3, 0.4) is 0 Å². The lowest BCUT2D eigenvalue weighted by molar-refractivity contribution is 0.669. The first-order valence-corrected chi connectivity index (χ1v) is 18.5. The van der Waals surface area contributed by atoms with Crippen molar-refractivity contribution >= 4 is 85.0 Å². The summed E-state index contributed by atoms with van der Waals surface area (Å²) in [6.07, 6.45) is 0. The van der Waals surface area contributed by atoms with E-state index < -0.39 is 0 Å². The van der Waals surface area contributed by atoms with E-state index in [9.17, 15) is 0 Å². The van der Waals surface area contributed by atoms with Gasteiger partial charge in [-0.2, -0.15) is 0 Å². The van der Waals surface area contributed by atoms with Gasteiger partial charge in [0.2, 0.25) is 0 Å². The van der Waals surface area contributed by atoms with Crippen LogP contribution < -0.4 is 0 Å². The molecule has 0 radical (unpaired) electrons. The molecule has 51 heavy (non-hydrogen) atoms. The molecule has 238 valence electrons. The Kier molecular flexibility index (Phi) is 6.26. The summed E-state index contributed by atoms with van der Waals surface area (Å²) in [6, 6.07) is 53.1. The zero-order chi connectivity index (χ0) is 33.5. The lowest BCUT2D eigenvalue weighted by Gasteiger charge is -2.10. The molecule has 0 spiro atoms. The standard InChI is InChI=1S/C45H25N3OS2/c1-2-11-26(12-3-1)43-46-44(48-45(47-43)32-17-10-22-39-42(32)30-14-5-7-20-37(30)51-39)31-16-8-18-35-40(31)33-25-27(23-24-34(33)49-35)28-15-9-21-38-41(28)29-13-4-6-19-36(29)50-38/h1-25H. The maximum Gasteiger partial charge on any atom is 0.164 e. The largest absolute Gasteiger partial charge is 0.456 e. The lowest BCUT2D eigenvalue weighted by atomic mass is 9.97. The van der Waals surface area contributed by atoms with Gasteiger partial charge in [0.05, 0.1) is 0 Å². The van der Waals surface area contributed by atoms with Crippen molar-refractivity contribution in [2.75, 3.05) is 0 Å². The van der Waals surface area contributed by atoms with Crippen molar-refractivity contribution in [3.8, 4) is 45.3 Å². The SMILES string of the molecule is c1ccc(-c2nc(-c3cccc4oc5ccc(-c6cccc7sc8ccccc8c67)cc5c34)nc(-c3cccc4sc5ccccc5c34)n2)cc1. The van der Waals surface area contributed by atoms with Gasteiger partial charge >= 0.3 is 0 Å². The van der Waals surface area contributed by atoms with E-state index in [4.69, 9.17) is 19.4 Å². The van der Waals surface area contributed by atoms with Crippen LogP contribution in [0.15, 0.2) is 156 Å². The second-order valence-electron chi connectivity index (χ2n) is 12.7. The highest BCUT2D eigenvalue weighted by Crippen LogP contribution is 2.44. The number of aromatic nitrogens is 3. The first kappa shape index (κ1) is 28.6. The van der Waals surface area contributed by atoms with Gasteiger partial charge in [0.15, 0.2) is 17.5 Å². The van der Waals surface area contributed by atoms with E-state index in [0.717, 1.165) is 44.2 Å². The molecule has 0 aliphatic rings. The average Bonchev–Trinajstić information content (AvgIpc) is 3.89. The Bertz CT molecular complexity index is 3160. The van der Waals surface area contributed by atoms with E-state index in [1.165, 1.54) is 45.9 Å². The smallest absolute Gasteiger partial charge is 0.164 e. The molecule has 0 amide bonds. The number of hydrogen-bond acceptors (Lipinski definition) is 6. The van der Waals surface area contributed by atoms with Crippen LogP contribution in [0.1, 0.15) is 0 Å². The number of thiophene rings is 2. The summed E-state index contributed by atoms with van der Waals surface area (Å²) in [5.74, 6) is 1.89. The second-order valence-corrected chi connectivity index (χ2v) is 14.9. The minimum absolute atomic E-state index is 0.611. The fraction of sp³-hybridized carbons (Fsp3) is 0. The van der Waals surface area contributed by atoms with E-state index in [-0.39, 0.29) is 0 Å². The normalized spacial score (nSPS) is 11.9. The van der Waals surface area contributed by atoms with Gasteiger partial charge in [-0.3, -0.25) is 0 Å². The molecule has 0 saturated heterocycles. The van der Waals surface area contributed by atoms with Gasteiger partial charge in [-0.15, -0.1) is 22.7 Å². The number of benzene rings is 7. The molecule has 0 fully saturated rings. The molecule has 0 saturated carbocycles. The molecule has 0 N–H and O–H groups in total. The van der Waals surface area contributed by atoms with Crippen LogP contribution >= 0.6 is 22.7 Å². The van der Waals surface area contributed by atoms with E-state index in [2.05, 4.69) is 121 Å². The van der Waals surface area contributed by atoms with Crippen LogP contribution in [-0.4, -0.2) is 15.0 Å². The first-order valence-electron chi connectivity index (χ1n) is 16.9. The summed E-state index contributed by atoms with van der Waals surface area (Å²) < 4.78 is 11.5. The number of rotatable bonds is 4. The van der Waals surface area contributed by atoms with Crippen molar-refractivity contribution in [1.82, 2.24) is 15.0 Å². The number of hydrogen-bond donors (Lipinski definition) is 0. The quantitative estimate of drug-likeness (QED) is 0.185. The van der Waals surface area contributed by atoms with Gasteiger partial charge in [0.1, 0.15) is 11.2 Å². The predicted octanol–water partition coefficient (Wildman–Crippen LogP) is 13.2. The topological polar surface area (TPSA) is 51.8 Å². The van der Waals surface area contributed by atoms with Crippen LogP contribution in [0.25, 0.3) is 108 Å². The molecule has 6 heteroatoms. The Morgan fingerprint density at radius 1 is 0.353 bits per heavy atom. The van der Waals surface area contributed by atoms with Crippen molar-refractivity contribution in [2.24, 2.45) is 0 Å². The molecule has 7 aromatic carbocycles. The Morgan fingerprint density at radius 3 is 1.61 bits per heavy atom. The summed E-state index contributed by atoms with van der Waals surface area (Å²) in [7, 11) is 0. The third-order valence-corrected chi connectivity index (χ3v) is 12.0. The zero-order valence-corrected chi connectivity index (χ0v) is 28.6. The molecule has 4 heterocycles. The Morgan fingerprint density at radius 2 is 0.902 bits per heavy atom. The highest BCUT2D eigenvalue weighted by molar-refractivity contribution is 7.26. The second kappa shape index (κ2) is 11.2. The number of furan rings is 1. The molecule has 4 aromatic heterocycles. The van der Waals surface area contributed by atoms with Crippen molar-refractivity contribution < 1.29 is 4.42 Å². The van der Waals surface area contributed by atoms with Crippen LogP contribution in [-0.2, 0) is 0 Å². The molecule has 0 bridgehead atoms. The number of fused-ring (bicyclic) bond motifs is 9. The maximum absolute atomic E-state index is 6.51. The molecule has 0 aliphatic heterocycles. The molecule has 0 atom stereocenters. The van der Waals surface area contributed by atoms with Crippen molar-refractivity contribution in [1.29, 1.82) is 0 Å². The van der Waals surface area contributed by atoms with Crippen molar-refractivity contribution in [3.63, 3.8) is 0 Å². The van der Waals surface area contributed by atoms with E-state index >= 15 is 0 Å². The van der Waals surface area contributed by atoms with E-state index in [1.807, 2.05) is 41.7 Å². The van der Waals surface area contributed by atoms with Crippen LogP contribution in [0.5, 0.6) is 0 Å². The minimum Gasteiger partial charge on any atom is -0.456 e. The molecule has 11 rings (SSSR count). The summed E-state index contributed by atoms with van der Waals surface area (Å²) in [4.78, 5) is 15.5. The molecule has 0 unspecified atom stereocenters. The van der Waals surface area contributed by atoms with Gasteiger partial charge in [-0.25, -0.2) is 15.0 Å². The van der Waals surface area contributed by atoms with E-state index in [0.29, 0.717) is 17.5 Å². The zero-order valence-electron chi connectivity index (χ0n) is 27.0. The molecular formula is C45H25N3OS2. The summed E-state index contributed by atoms with van der Waals surface area (Å²) in [5, 5.41) is 6.97. The number of nitrogens with zero attached hydrogens (tertiary/aromatic N) is 3. The fourth-order valence-electron chi connectivity index (χ4n) is 7.49. The molecule has 0 aliphatic carbocycles. The van der Waals surface area contributed by atoms with Crippen LogP contribution in [0.2, 0.25) is 0 Å². The monoisotopic (exact) mass is 687 g/mol. The average molecular weight is 688 g/mol. The Balaban J connectivity index is 1.17. The highest BCUT2D eigenvalue weighted by Gasteiger charge is 2.21. The summed E-state index contributed by atoms with van der Waals surface area (Å²) in [6.45, 7) is 0. The molecule has 4 nitrogen and oxygen atoms in total. The molecular weight excluding hydrogens is 663 g/mol. The van der Waals surface area contributed by atoms with Gasteiger partial charge in [-0.05, 0) is 53.6 Å². The van der Waals surface area contributed by atoms with Crippen LogP contribution in [0, 0.1) is 0 Å². The van der Waals surface area contributed by atoms with Crippen LogP contribution in [0.4, 0.5) is 0 Å². The predicted molar refractivity (Wildman–Crippen MR) is 215 cm³/mol. The first-order chi connectivity index (χ1) is 25.3. The van der Waals surface area contributed by atoms with E-state index in [1.54, 1.807) is 11.3 Å². The lowest BCUT2D eigenvalue weighted by Crippen LogP contribution is -2.00. The summed E-state index contributed by atoms with van der Waals surface area (Å²) in [5.41, 5.74) is 6.82. The summed E-state index contributed by atoms with van der Waals surface area (Å²) >= 11 is 3.63. The Labute approximate surface area is 299 Å². The van der Waals surface area contributed by atoms with Gasteiger partial charge in [0.25, 0.3) is 0 Å². The van der Waals surface area contributed by atoms with Gasteiger partial charge < -0.3 is 4.42 Å².